The number of unbranched alkanes of at least 4 members (excludes halogenated alkanes) is 1. The third-order valence-electron chi connectivity index (χ3n) is 3.41. The highest BCUT2D eigenvalue weighted by Crippen LogP contribution is 2.23. The van der Waals surface area contributed by atoms with Crippen molar-refractivity contribution in [3.05, 3.63) is 12.7 Å². The van der Waals surface area contributed by atoms with E-state index in [-0.39, 0.29) is 0 Å². The molecular weight excluding hydrogens is 184 g/mol. The van der Waals surface area contributed by atoms with E-state index in [4.69, 9.17) is 5.73 Å². The van der Waals surface area contributed by atoms with Crippen molar-refractivity contribution in [1.82, 2.24) is 4.90 Å². The van der Waals surface area contributed by atoms with Gasteiger partial charge in [-0.05, 0) is 58.0 Å². The molecule has 0 unspecified atom stereocenters. The van der Waals surface area contributed by atoms with Crippen LogP contribution >= 0.6 is 0 Å². The predicted octanol–water partition coefficient (Wildman–Crippen LogP) is 2.40. The molecule has 0 radical (unpaired) electrons. The van der Waals surface area contributed by atoms with E-state index >= 15 is 0 Å². The van der Waals surface area contributed by atoms with Gasteiger partial charge in [0, 0.05) is 12.6 Å². The third-order valence-corrected chi connectivity index (χ3v) is 3.41. The lowest BCUT2D eigenvalue weighted by Crippen LogP contribution is -2.33. The van der Waals surface area contributed by atoms with E-state index in [2.05, 4.69) is 18.5 Å². The summed E-state index contributed by atoms with van der Waals surface area (Å²) in [5.41, 5.74) is 5.90. The molecule has 0 aromatic heterocycles. The Morgan fingerprint density at radius 2 is 2.00 bits per heavy atom. The molecular formula is C13H26N2. The summed E-state index contributed by atoms with van der Waals surface area (Å²) < 4.78 is 0. The van der Waals surface area contributed by atoms with Crippen LogP contribution in [0.2, 0.25) is 0 Å². The fourth-order valence-corrected chi connectivity index (χ4v) is 2.41. The van der Waals surface area contributed by atoms with Gasteiger partial charge in [0.25, 0.3) is 0 Å². The molecule has 88 valence electrons. The summed E-state index contributed by atoms with van der Waals surface area (Å²) in [6.07, 6.45) is 9.50. The van der Waals surface area contributed by atoms with E-state index in [0.717, 1.165) is 12.3 Å². The molecule has 0 spiro atoms. The van der Waals surface area contributed by atoms with E-state index in [1.807, 2.05) is 6.08 Å². The van der Waals surface area contributed by atoms with Crippen molar-refractivity contribution in [2.45, 2.75) is 44.6 Å². The molecule has 0 aromatic carbocycles. The summed E-state index contributed by atoms with van der Waals surface area (Å²) in [6.45, 7) is 6.21. The second-order valence-electron chi connectivity index (χ2n) is 4.97. The van der Waals surface area contributed by atoms with Crippen LogP contribution in [0.4, 0.5) is 0 Å². The second kappa shape index (κ2) is 7.02. The lowest BCUT2D eigenvalue weighted by molar-refractivity contribution is 0.223. The lowest BCUT2D eigenvalue weighted by atomic mass is 9.86. The second-order valence-corrected chi connectivity index (χ2v) is 4.97. The van der Waals surface area contributed by atoms with Gasteiger partial charge in [-0.15, -0.1) is 6.58 Å². The number of allylic oxidation sites excluding steroid dienone is 1. The van der Waals surface area contributed by atoms with Crippen molar-refractivity contribution in [2.75, 3.05) is 20.1 Å². The Balaban J connectivity index is 2.09. The average molecular weight is 210 g/mol. The highest BCUT2D eigenvalue weighted by molar-refractivity contribution is 4.76. The first-order valence-electron chi connectivity index (χ1n) is 6.27. The van der Waals surface area contributed by atoms with Crippen molar-refractivity contribution in [3.8, 4) is 0 Å². The van der Waals surface area contributed by atoms with Crippen LogP contribution < -0.4 is 5.73 Å². The molecule has 15 heavy (non-hydrogen) atoms. The van der Waals surface area contributed by atoms with Gasteiger partial charge >= 0.3 is 0 Å². The quantitative estimate of drug-likeness (QED) is 0.539. The molecule has 1 aliphatic carbocycles. The molecule has 0 saturated heterocycles. The molecule has 0 heterocycles. The summed E-state index contributed by atoms with van der Waals surface area (Å²) in [4.78, 5) is 2.46. The maximum atomic E-state index is 5.90. The molecule has 1 aliphatic rings. The third kappa shape index (κ3) is 5.33. The Hall–Kier alpha value is -0.340. The summed E-state index contributed by atoms with van der Waals surface area (Å²) in [6, 6.07) is 0.479. The monoisotopic (exact) mass is 210 g/mol. The van der Waals surface area contributed by atoms with Crippen LogP contribution in [0.3, 0.4) is 0 Å². The van der Waals surface area contributed by atoms with Gasteiger partial charge in [0.05, 0.1) is 0 Å². The Morgan fingerprint density at radius 1 is 1.33 bits per heavy atom. The van der Waals surface area contributed by atoms with Gasteiger partial charge < -0.3 is 10.6 Å². The zero-order valence-electron chi connectivity index (χ0n) is 10.1. The summed E-state index contributed by atoms with van der Waals surface area (Å²) in [5, 5.41) is 0. The molecule has 1 saturated carbocycles. The van der Waals surface area contributed by atoms with Crippen LogP contribution in [0.25, 0.3) is 0 Å². The zero-order chi connectivity index (χ0) is 11.1. The van der Waals surface area contributed by atoms with E-state index in [1.54, 1.807) is 0 Å². The number of hydrogen-bond donors (Lipinski definition) is 1. The number of nitrogens with zero attached hydrogens (tertiary/aromatic N) is 1. The molecule has 0 bridgehead atoms. The van der Waals surface area contributed by atoms with Crippen molar-refractivity contribution < 1.29 is 0 Å². The summed E-state index contributed by atoms with van der Waals surface area (Å²) in [7, 11) is 2.23. The number of rotatable bonds is 6. The highest BCUT2D eigenvalue weighted by Gasteiger charge is 2.19. The molecule has 2 heteroatoms. The molecule has 2 nitrogen and oxygen atoms in total. The van der Waals surface area contributed by atoms with Crippen LogP contribution in [0.1, 0.15) is 38.5 Å². The zero-order valence-corrected chi connectivity index (χ0v) is 10.1. The molecule has 0 amide bonds. The molecule has 0 aliphatic heterocycles. The van der Waals surface area contributed by atoms with Crippen LogP contribution in [-0.4, -0.2) is 31.1 Å². The Morgan fingerprint density at radius 3 is 2.60 bits per heavy atom. The largest absolute Gasteiger partial charge is 0.328 e. The van der Waals surface area contributed by atoms with Crippen LogP contribution in [0.15, 0.2) is 12.7 Å². The highest BCUT2D eigenvalue weighted by atomic mass is 15.1. The van der Waals surface area contributed by atoms with Crippen LogP contribution in [0, 0.1) is 5.92 Å². The smallest absolute Gasteiger partial charge is 0.00390 e. The van der Waals surface area contributed by atoms with Gasteiger partial charge in [-0.25, -0.2) is 0 Å². The van der Waals surface area contributed by atoms with E-state index < -0.39 is 0 Å². The van der Waals surface area contributed by atoms with Gasteiger partial charge in [0.2, 0.25) is 0 Å². The van der Waals surface area contributed by atoms with Crippen molar-refractivity contribution in [1.29, 1.82) is 0 Å². The van der Waals surface area contributed by atoms with Crippen molar-refractivity contribution in [2.24, 2.45) is 11.7 Å². The first kappa shape index (κ1) is 12.7. The van der Waals surface area contributed by atoms with E-state index in [1.165, 1.54) is 45.2 Å². The molecule has 2 N–H and O–H groups in total. The maximum absolute atomic E-state index is 5.90. The minimum Gasteiger partial charge on any atom is -0.328 e. The Bertz CT molecular complexity index is 171. The lowest BCUT2D eigenvalue weighted by Gasteiger charge is -2.29. The molecule has 0 aromatic rings. The minimum atomic E-state index is 0.479. The fourth-order valence-electron chi connectivity index (χ4n) is 2.41. The SMILES string of the molecule is C=CCCCN(C)CC1CCC(N)CC1. The van der Waals surface area contributed by atoms with Crippen LogP contribution in [0.5, 0.6) is 0 Å². The van der Waals surface area contributed by atoms with Gasteiger partial charge in [-0.3, -0.25) is 0 Å². The number of nitrogens with two attached hydrogens (primary N) is 1. The van der Waals surface area contributed by atoms with Gasteiger partial charge in [-0.2, -0.15) is 0 Å². The minimum absolute atomic E-state index is 0.479. The van der Waals surface area contributed by atoms with Crippen molar-refractivity contribution in [3.63, 3.8) is 0 Å². The van der Waals surface area contributed by atoms with Gasteiger partial charge in [-0.1, -0.05) is 6.08 Å². The molecule has 1 fully saturated rings. The fraction of sp³-hybridized carbons (Fsp3) is 0.846. The Labute approximate surface area is 94.5 Å². The maximum Gasteiger partial charge on any atom is 0.00390 e. The normalized spacial score (nSPS) is 26.9. The summed E-state index contributed by atoms with van der Waals surface area (Å²) in [5.74, 6) is 0.888. The Kier molecular flexibility index (Phi) is 5.96. The van der Waals surface area contributed by atoms with Gasteiger partial charge in [0.1, 0.15) is 0 Å². The average Bonchev–Trinajstić information content (AvgIpc) is 2.22. The predicted molar refractivity (Wildman–Crippen MR) is 66.9 cm³/mol. The van der Waals surface area contributed by atoms with E-state index in [0.29, 0.717) is 6.04 Å². The van der Waals surface area contributed by atoms with Crippen molar-refractivity contribution >= 4 is 0 Å². The summed E-state index contributed by atoms with van der Waals surface area (Å²) >= 11 is 0. The standard InChI is InChI=1S/C13H26N2/c1-3-4-5-10-15(2)11-12-6-8-13(14)9-7-12/h3,12-13H,1,4-11,14H2,2H3. The van der Waals surface area contributed by atoms with Gasteiger partial charge in [0.15, 0.2) is 0 Å². The van der Waals surface area contributed by atoms with Crippen LogP contribution in [-0.2, 0) is 0 Å². The molecule has 1 rings (SSSR count). The first-order valence-corrected chi connectivity index (χ1v) is 6.27. The van der Waals surface area contributed by atoms with E-state index in [9.17, 15) is 0 Å². The topological polar surface area (TPSA) is 29.3 Å². The first-order chi connectivity index (χ1) is 7.22. The number of hydrogen-bond acceptors (Lipinski definition) is 2. The molecule has 0 atom stereocenters.